The molecule has 0 bridgehead atoms. The molecule has 1 aliphatic rings. The van der Waals surface area contributed by atoms with E-state index in [1.807, 2.05) is 30.3 Å². The predicted octanol–water partition coefficient (Wildman–Crippen LogP) is 1.92. The van der Waals surface area contributed by atoms with Gasteiger partial charge in [0.25, 0.3) is 11.8 Å². The van der Waals surface area contributed by atoms with E-state index in [1.165, 1.54) is 9.80 Å². The maximum atomic E-state index is 13.5. The first-order valence-corrected chi connectivity index (χ1v) is 16.7. The highest BCUT2D eigenvalue weighted by molar-refractivity contribution is 6.60. The van der Waals surface area contributed by atoms with Crippen molar-refractivity contribution in [3.63, 3.8) is 0 Å². The topological polar surface area (TPSA) is 114 Å². The summed E-state index contributed by atoms with van der Waals surface area (Å²) in [4.78, 5) is 30.1. The number of nitrogens with zero attached hydrogens (tertiary/aromatic N) is 2. The number of rotatable bonds is 17. The number of carbonyl (C=O) groups excluding carboxylic acids is 2. The van der Waals surface area contributed by atoms with Gasteiger partial charge in [0.05, 0.1) is 0 Å². The second kappa shape index (κ2) is 15.9. The van der Waals surface area contributed by atoms with Crippen molar-refractivity contribution < 1.29 is 45.6 Å². The monoisotopic (exact) mass is 588 g/mol. The van der Waals surface area contributed by atoms with Crippen LogP contribution in [0, 0.1) is 0 Å². The molecule has 2 rings (SSSR count). The third kappa shape index (κ3) is 8.63. The van der Waals surface area contributed by atoms with E-state index >= 15 is 0 Å². The minimum atomic E-state index is -2.77. The maximum absolute atomic E-state index is 13.5. The second-order valence-electron chi connectivity index (χ2n) is 9.17. The largest absolute Gasteiger partial charge is 0.500 e. The summed E-state index contributed by atoms with van der Waals surface area (Å²) in [6.07, 6.45) is -1.88. The molecule has 0 N–H and O–H groups in total. The lowest BCUT2D eigenvalue weighted by atomic mass is 10.1. The van der Waals surface area contributed by atoms with Gasteiger partial charge in [-0.2, -0.15) is 0 Å². The van der Waals surface area contributed by atoms with Gasteiger partial charge in [-0.15, -0.1) is 0 Å². The fraction of sp³-hybridized carbons (Fsp3) is 0.680. The van der Waals surface area contributed by atoms with Gasteiger partial charge in [0.2, 0.25) is 0 Å². The van der Waals surface area contributed by atoms with Crippen molar-refractivity contribution in [1.82, 2.24) is 9.80 Å². The van der Waals surface area contributed by atoms with E-state index in [4.69, 9.17) is 36.0 Å². The van der Waals surface area contributed by atoms with Gasteiger partial charge in [-0.3, -0.25) is 9.59 Å². The van der Waals surface area contributed by atoms with Gasteiger partial charge < -0.3 is 45.8 Å². The Labute approximate surface area is 234 Å². The maximum Gasteiger partial charge on any atom is 0.500 e. The smallest absolute Gasteiger partial charge is 0.377 e. The van der Waals surface area contributed by atoms with Gasteiger partial charge in [0.1, 0.15) is 0 Å². The van der Waals surface area contributed by atoms with Gasteiger partial charge in [-0.1, -0.05) is 30.3 Å². The quantitative estimate of drug-likeness (QED) is 0.250. The summed E-state index contributed by atoms with van der Waals surface area (Å²) in [7, 11) is 7.13. The third-order valence-corrected chi connectivity index (χ3v) is 12.6. The average Bonchev–Trinajstić information content (AvgIpc) is 3.43. The van der Waals surface area contributed by atoms with Crippen LogP contribution in [0.25, 0.3) is 0 Å². The first kappa shape index (κ1) is 33.5. The fourth-order valence-electron chi connectivity index (χ4n) is 4.42. The molecule has 12 nitrogen and oxygen atoms in total. The van der Waals surface area contributed by atoms with E-state index < -0.39 is 36.1 Å². The molecule has 2 amide bonds. The number of ether oxygens (including phenoxy) is 2. The molecule has 0 saturated carbocycles. The van der Waals surface area contributed by atoms with Gasteiger partial charge in [0.15, 0.2) is 18.5 Å². The van der Waals surface area contributed by atoms with Crippen LogP contribution in [0.15, 0.2) is 30.3 Å². The van der Waals surface area contributed by atoms with Crippen LogP contribution in [0.1, 0.15) is 24.7 Å². The van der Waals surface area contributed by atoms with Crippen molar-refractivity contribution in [2.75, 3.05) is 69.8 Å². The molecule has 1 aromatic rings. The van der Waals surface area contributed by atoms with Crippen LogP contribution < -0.4 is 0 Å². The van der Waals surface area contributed by atoms with Crippen LogP contribution in [-0.2, 0) is 45.6 Å². The zero-order chi connectivity index (χ0) is 29.1. The SMILES string of the molecule is CO[Si](CCCN(C)C(=O)[C@H]1OC(c2ccccc2)O[C@@H]1C(=O)N(C)CCC[Si](OC)(OC)OC)(OC)OC. The summed E-state index contributed by atoms with van der Waals surface area (Å²) in [6.45, 7) is 0.794. The van der Waals surface area contributed by atoms with Crippen LogP contribution >= 0.6 is 0 Å². The van der Waals surface area contributed by atoms with Crippen LogP contribution in [0.5, 0.6) is 0 Å². The molecule has 2 atom stereocenters. The molecular weight excluding hydrogens is 544 g/mol. The Balaban J connectivity index is 2.11. The molecule has 0 aromatic heterocycles. The lowest BCUT2D eigenvalue weighted by Crippen LogP contribution is -2.49. The number of amides is 2. The van der Waals surface area contributed by atoms with Gasteiger partial charge >= 0.3 is 17.6 Å². The lowest BCUT2D eigenvalue weighted by Gasteiger charge is -2.28. The molecule has 1 fully saturated rings. The van der Waals surface area contributed by atoms with E-state index in [9.17, 15) is 9.59 Å². The summed E-state index contributed by atoms with van der Waals surface area (Å²) in [5, 5.41) is 0. The van der Waals surface area contributed by atoms with E-state index in [1.54, 1.807) is 56.8 Å². The Morgan fingerprint density at radius 3 is 1.38 bits per heavy atom. The van der Waals surface area contributed by atoms with Crippen LogP contribution in [0.2, 0.25) is 12.1 Å². The minimum absolute atomic E-state index is 0.343. The average molecular weight is 589 g/mol. The molecule has 1 saturated heterocycles. The Kier molecular flexibility index (Phi) is 13.7. The number of likely N-dealkylation sites (N-methyl/N-ethyl adjacent to an activating group) is 2. The van der Waals surface area contributed by atoms with Crippen LogP contribution in [0.3, 0.4) is 0 Å². The number of benzene rings is 1. The van der Waals surface area contributed by atoms with Gasteiger partial charge in [-0.25, -0.2) is 0 Å². The molecule has 1 aromatic carbocycles. The Bertz CT molecular complexity index is 820. The lowest BCUT2D eigenvalue weighted by molar-refractivity contribution is -0.147. The molecule has 0 radical (unpaired) electrons. The minimum Gasteiger partial charge on any atom is -0.377 e. The van der Waals surface area contributed by atoms with Crippen molar-refractivity contribution >= 4 is 29.4 Å². The highest BCUT2D eigenvalue weighted by Gasteiger charge is 2.48. The number of hydrogen-bond acceptors (Lipinski definition) is 10. The fourth-order valence-corrected chi connectivity index (χ4v) is 7.82. The van der Waals surface area contributed by atoms with Crippen LogP contribution in [-0.4, -0.2) is 121 Å². The standard InChI is InChI=1S/C25H44N2O10Si2/c1-26(16-12-18-38(30-3,31-4)32-5)23(28)21-22(37-25(36-21)20-14-10-9-11-15-20)24(29)27(2)17-13-19-39(33-6,34-7)35-8/h9-11,14-15,21-22,25H,12-13,16-19H2,1-8H3/t21-,22-/m0/s1. The first-order chi connectivity index (χ1) is 18.6. The van der Waals surface area contributed by atoms with E-state index in [0.717, 1.165) is 5.56 Å². The summed E-state index contributed by atoms with van der Waals surface area (Å²) in [6, 6.07) is 10.3. The zero-order valence-electron chi connectivity index (χ0n) is 24.3. The second-order valence-corrected chi connectivity index (χ2v) is 15.4. The van der Waals surface area contributed by atoms with Crippen LogP contribution in [0.4, 0.5) is 0 Å². The van der Waals surface area contributed by atoms with Crippen molar-refractivity contribution in [1.29, 1.82) is 0 Å². The zero-order valence-corrected chi connectivity index (χ0v) is 26.3. The third-order valence-electron chi connectivity index (χ3n) is 6.95. The highest BCUT2D eigenvalue weighted by atomic mass is 28.4. The van der Waals surface area contributed by atoms with Crippen molar-refractivity contribution in [3.05, 3.63) is 35.9 Å². The molecule has 0 spiro atoms. The summed E-state index contributed by atoms with van der Waals surface area (Å²) in [5.74, 6) is -0.687. The molecule has 14 heteroatoms. The molecule has 39 heavy (non-hydrogen) atoms. The normalized spacial score (nSPS) is 18.4. The summed E-state index contributed by atoms with van der Waals surface area (Å²) < 4.78 is 44.9. The van der Waals surface area contributed by atoms with E-state index in [-0.39, 0.29) is 11.8 Å². The summed E-state index contributed by atoms with van der Waals surface area (Å²) >= 11 is 0. The first-order valence-electron chi connectivity index (χ1n) is 12.8. The number of carbonyl (C=O) groups is 2. The molecule has 222 valence electrons. The molecule has 0 unspecified atom stereocenters. The van der Waals surface area contributed by atoms with E-state index in [0.29, 0.717) is 38.0 Å². The Hall–Kier alpha value is -1.73. The molecule has 1 aliphatic heterocycles. The molecule has 0 aliphatic carbocycles. The van der Waals surface area contributed by atoms with Crippen molar-refractivity contribution in [2.45, 2.75) is 43.4 Å². The van der Waals surface area contributed by atoms with Crippen molar-refractivity contribution in [2.24, 2.45) is 0 Å². The molecule has 1 heterocycles. The predicted molar refractivity (Wildman–Crippen MR) is 147 cm³/mol. The molecular formula is C25H44N2O10Si2. The Morgan fingerprint density at radius 1 is 0.692 bits per heavy atom. The highest BCUT2D eigenvalue weighted by Crippen LogP contribution is 2.33. The van der Waals surface area contributed by atoms with Crippen molar-refractivity contribution in [3.8, 4) is 0 Å². The van der Waals surface area contributed by atoms with Gasteiger partial charge in [-0.05, 0) is 12.8 Å². The Morgan fingerprint density at radius 2 is 1.05 bits per heavy atom. The van der Waals surface area contributed by atoms with E-state index in [2.05, 4.69) is 0 Å². The number of hydrogen-bond donors (Lipinski definition) is 0. The summed E-state index contributed by atoms with van der Waals surface area (Å²) in [5.41, 5.74) is 0.725. The van der Waals surface area contributed by atoms with Gasteiger partial charge in [0, 0.05) is 87.5 Å².